The van der Waals surface area contributed by atoms with Crippen LogP contribution >= 0.6 is 34.8 Å². The van der Waals surface area contributed by atoms with Crippen molar-refractivity contribution in [1.82, 2.24) is 0 Å². The summed E-state index contributed by atoms with van der Waals surface area (Å²) in [6.45, 7) is 0. The minimum Gasteiger partial charge on any atom is -0.398 e. The number of nitrogens with two attached hydrogens (primary N) is 1. The van der Waals surface area contributed by atoms with Gasteiger partial charge in [-0.15, -0.1) is 0 Å². The highest BCUT2D eigenvalue weighted by atomic mass is 35.5. The summed E-state index contributed by atoms with van der Waals surface area (Å²) in [5.41, 5.74) is 5.01. The van der Waals surface area contributed by atoms with Gasteiger partial charge in [-0.3, -0.25) is 4.79 Å². The van der Waals surface area contributed by atoms with Crippen molar-refractivity contribution < 1.29 is 13.6 Å². The number of rotatable bonds is 2. The topological polar surface area (TPSA) is 43.1 Å². The lowest BCUT2D eigenvalue weighted by Crippen LogP contribution is -2.08. The molecule has 0 amide bonds. The molecule has 0 aliphatic rings. The van der Waals surface area contributed by atoms with Gasteiger partial charge in [-0.05, 0) is 18.2 Å². The van der Waals surface area contributed by atoms with Gasteiger partial charge in [0.25, 0.3) is 0 Å². The van der Waals surface area contributed by atoms with Crippen molar-refractivity contribution in [2.75, 3.05) is 5.73 Å². The molecule has 0 saturated carbocycles. The van der Waals surface area contributed by atoms with Crippen molar-refractivity contribution in [3.63, 3.8) is 0 Å². The van der Waals surface area contributed by atoms with E-state index in [0.717, 1.165) is 6.07 Å². The summed E-state index contributed by atoms with van der Waals surface area (Å²) in [6.07, 6.45) is 0. The van der Waals surface area contributed by atoms with Crippen LogP contribution in [0.15, 0.2) is 24.3 Å². The molecule has 0 aromatic heterocycles. The molecule has 2 nitrogen and oxygen atoms in total. The largest absolute Gasteiger partial charge is 0.398 e. The number of benzene rings is 2. The Kier molecular flexibility index (Phi) is 4.18. The standard InChI is InChI=1S/C13H6Cl3F2NO/c14-5-1-7(15)12(8(16)2-5)13(20)6-3-9(17)10(18)4-11(6)19/h1-4H,19H2. The predicted octanol–water partition coefficient (Wildman–Crippen LogP) is 4.74. The molecule has 2 aromatic carbocycles. The van der Waals surface area contributed by atoms with Crippen molar-refractivity contribution >= 4 is 46.3 Å². The van der Waals surface area contributed by atoms with E-state index in [4.69, 9.17) is 40.5 Å². The van der Waals surface area contributed by atoms with Gasteiger partial charge in [0.05, 0.1) is 15.6 Å². The number of carbonyl (C=O) groups is 1. The second kappa shape index (κ2) is 5.56. The van der Waals surface area contributed by atoms with Gasteiger partial charge in [0.15, 0.2) is 17.4 Å². The third-order valence-corrected chi connectivity index (χ3v) is 3.39. The van der Waals surface area contributed by atoms with Crippen molar-refractivity contribution in [2.45, 2.75) is 0 Å². The summed E-state index contributed by atoms with van der Waals surface area (Å²) >= 11 is 17.5. The first kappa shape index (κ1) is 15.0. The van der Waals surface area contributed by atoms with Crippen molar-refractivity contribution in [3.8, 4) is 0 Å². The Morgan fingerprint density at radius 2 is 1.45 bits per heavy atom. The van der Waals surface area contributed by atoms with E-state index in [1.165, 1.54) is 12.1 Å². The number of ketones is 1. The molecule has 104 valence electrons. The second-order valence-corrected chi connectivity index (χ2v) is 5.18. The van der Waals surface area contributed by atoms with Gasteiger partial charge < -0.3 is 5.73 Å². The average Bonchev–Trinajstić information content (AvgIpc) is 2.32. The number of hydrogen-bond donors (Lipinski definition) is 1. The van der Waals surface area contributed by atoms with E-state index < -0.39 is 17.4 Å². The Bertz CT molecular complexity index is 696. The summed E-state index contributed by atoms with van der Waals surface area (Å²) in [5, 5.41) is 0.239. The lowest BCUT2D eigenvalue weighted by molar-refractivity contribution is 0.103. The zero-order valence-corrected chi connectivity index (χ0v) is 12.0. The molecular weight excluding hydrogens is 331 g/mol. The number of anilines is 1. The monoisotopic (exact) mass is 335 g/mol. The first-order valence-electron chi connectivity index (χ1n) is 5.25. The van der Waals surface area contributed by atoms with Crippen LogP contribution in [0, 0.1) is 11.6 Å². The minimum atomic E-state index is -1.19. The molecule has 0 atom stereocenters. The van der Waals surface area contributed by atoms with Gasteiger partial charge in [0, 0.05) is 22.3 Å². The van der Waals surface area contributed by atoms with E-state index in [9.17, 15) is 13.6 Å². The van der Waals surface area contributed by atoms with E-state index in [1.807, 2.05) is 0 Å². The molecule has 7 heteroatoms. The van der Waals surface area contributed by atoms with Crippen molar-refractivity contribution in [2.24, 2.45) is 0 Å². The maximum absolute atomic E-state index is 13.2. The van der Waals surface area contributed by atoms with Crippen molar-refractivity contribution in [3.05, 3.63) is 62.1 Å². The summed E-state index contributed by atoms with van der Waals surface area (Å²) in [6, 6.07) is 4.06. The van der Waals surface area contributed by atoms with E-state index >= 15 is 0 Å². The van der Waals surface area contributed by atoms with Crippen LogP contribution in [-0.4, -0.2) is 5.78 Å². The van der Waals surface area contributed by atoms with Crippen LogP contribution in [0.2, 0.25) is 15.1 Å². The van der Waals surface area contributed by atoms with Gasteiger partial charge in [-0.2, -0.15) is 0 Å². The van der Waals surface area contributed by atoms with Gasteiger partial charge in [-0.1, -0.05) is 34.8 Å². The zero-order valence-electron chi connectivity index (χ0n) is 9.68. The fourth-order valence-corrected chi connectivity index (χ4v) is 2.64. The quantitative estimate of drug-likeness (QED) is 0.636. The maximum atomic E-state index is 13.2. The Balaban J connectivity index is 2.61. The van der Waals surface area contributed by atoms with E-state index in [-0.39, 0.29) is 31.9 Å². The van der Waals surface area contributed by atoms with Crippen LogP contribution in [0.25, 0.3) is 0 Å². The van der Waals surface area contributed by atoms with Crippen molar-refractivity contribution in [1.29, 1.82) is 0 Å². The molecular formula is C13H6Cl3F2NO. The van der Waals surface area contributed by atoms with Crippen LogP contribution < -0.4 is 5.73 Å². The molecule has 2 aromatic rings. The molecule has 2 rings (SSSR count). The van der Waals surface area contributed by atoms with Crippen LogP contribution in [0.3, 0.4) is 0 Å². The Morgan fingerprint density at radius 1 is 0.950 bits per heavy atom. The molecule has 0 bridgehead atoms. The summed E-state index contributed by atoms with van der Waals surface area (Å²) < 4.78 is 26.2. The fraction of sp³-hybridized carbons (Fsp3) is 0. The predicted molar refractivity (Wildman–Crippen MR) is 75.7 cm³/mol. The molecule has 0 radical (unpaired) electrons. The first-order chi connectivity index (χ1) is 9.31. The lowest BCUT2D eigenvalue weighted by atomic mass is 10.0. The highest BCUT2D eigenvalue weighted by molar-refractivity contribution is 6.43. The molecule has 0 unspecified atom stereocenters. The van der Waals surface area contributed by atoms with Gasteiger partial charge >= 0.3 is 0 Å². The van der Waals surface area contributed by atoms with Crippen LogP contribution in [0.1, 0.15) is 15.9 Å². The smallest absolute Gasteiger partial charge is 0.198 e. The SMILES string of the molecule is Nc1cc(F)c(F)cc1C(=O)c1c(Cl)cc(Cl)cc1Cl. The van der Waals surface area contributed by atoms with Gasteiger partial charge in [0.2, 0.25) is 0 Å². The van der Waals surface area contributed by atoms with E-state index in [2.05, 4.69) is 0 Å². The Labute approximate surface area is 128 Å². The molecule has 0 saturated heterocycles. The zero-order chi connectivity index (χ0) is 15.0. The number of nitrogen functional groups attached to an aromatic ring is 1. The third-order valence-electron chi connectivity index (χ3n) is 2.57. The number of hydrogen-bond acceptors (Lipinski definition) is 2. The maximum Gasteiger partial charge on any atom is 0.198 e. The number of halogens is 5. The highest BCUT2D eigenvalue weighted by Gasteiger charge is 2.21. The normalized spacial score (nSPS) is 10.7. The molecule has 2 N–H and O–H groups in total. The lowest BCUT2D eigenvalue weighted by Gasteiger charge is -2.09. The molecule has 0 heterocycles. The average molecular weight is 337 g/mol. The molecule has 20 heavy (non-hydrogen) atoms. The molecule has 0 spiro atoms. The number of carbonyl (C=O) groups excluding carboxylic acids is 1. The second-order valence-electron chi connectivity index (χ2n) is 3.93. The van der Waals surface area contributed by atoms with Gasteiger partial charge in [-0.25, -0.2) is 8.78 Å². The van der Waals surface area contributed by atoms with E-state index in [1.54, 1.807) is 0 Å². The fourth-order valence-electron chi connectivity index (χ4n) is 1.65. The Hall–Kier alpha value is -1.36. The summed E-state index contributed by atoms with van der Waals surface area (Å²) in [5.74, 6) is -3.05. The molecule has 0 aliphatic carbocycles. The van der Waals surface area contributed by atoms with Gasteiger partial charge in [0.1, 0.15) is 0 Å². The minimum absolute atomic E-state index is 0.00312. The van der Waals surface area contributed by atoms with E-state index in [0.29, 0.717) is 6.07 Å². The highest BCUT2D eigenvalue weighted by Crippen LogP contribution is 2.32. The van der Waals surface area contributed by atoms with Crippen LogP contribution in [0.5, 0.6) is 0 Å². The summed E-state index contributed by atoms with van der Waals surface area (Å²) in [4.78, 5) is 12.3. The first-order valence-corrected chi connectivity index (χ1v) is 6.38. The molecule has 0 aliphatic heterocycles. The van der Waals surface area contributed by atoms with Crippen LogP contribution in [-0.2, 0) is 0 Å². The third kappa shape index (κ3) is 2.73. The summed E-state index contributed by atoms with van der Waals surface area (Å²) in [7, 11) is 0. The Morgan fingerprint density at radius 3 is 2.00 bits per heavy atom. The molecule has 0 fully saturated rings. The van der Waals surface area contributed by atoms with Crippen LogP contribution in [0.4, 0.5) is 14.5 Å².